The van der Waals surface area contributed by atoms with Gasteiger partial charge in [0, 0.05) is 46.3 Å². The Morgan fingerprint density at radius 2 is 2.33 bits per heavy atom. The topological polar surface area (TPSA) is 61.6 Å². The normalized spacial score (nSPS) is 24.9. The molecule has 0 aliphatic carbocycles. The summed E-state index contributed by atoms with van der Waals surface area (Å²) in [6.07, 6.45) is 0. The van der Waals surface area contributed by atoms with Crippen LogP contribution in [0.15, 0.2) is 0 Å². The first-order chi connectivity index (χ1) is 7.07. The van der Waals surface area contributed by atoms with Crippen LogP contribution in [0.2, 0.25) is 0 Å². The number of amides is 1. The number of carbonyl (C=O) groups is 1. The van der Waals surface area contributed by atoms with Gasteiger partial charge in [0.15, 0.2) is 0 Å². The van der Waals surface area contributed by atoms with Crippen molar-refractivity contribution in [1.29, 1.82) is 0 Å². The molecule has 1 rings (SSSR count). The summed E-state index contributed by atoms with van der Waals surface area (Å²) in [5.41, 5.74) is 5.70. The molecule has 0 aromatic rings. The molecule has 0 bridgehead atoms. The van der Waals surface area contributed by atoms with Gasteiger partial charge in [0.2, 0.25) is 5.91 Å². The second kappa shape index (κ2) is 5.44. The molecule has 0 saturated carbocycles. The van der Waals surface area contributed by atoms with Gasteiger partial charge in [-0.25, -0.2) is 0 Å². The molecule has 88 valence electrons. The van der Waals surface area contributed by atoms with Gasteiger partial charge in [-0.05, 0) is 6.92 Å². The molecular weight excluding hydrogens is 192 g/mol. The Bertz CT molecular complexity index is 219. The van der Waals surface area contributed by atoms with Crippen LogP contribution in [0, 0.1) is 0 Å². The highest BCUT2D eigenvalue weighted by atomic mass is 16.2. The molecule has 3 N–H and O–H groups in total. The van der Waals surface area contributed by atoms with Crippen LogP contribution in [0.3, 0.4) is 0 Å². The fourth-order valence-electron chi connectivity index (χ4n) is 2.02. The predicted octanol–water partition coefficient (Wildman–Crippen LogP) is -1.30. The van der Waals surface area contributed by atoms with Gasteiger partial charge in [-0.2, -0.15) is 0 Å². The zero-order valence-electron chi connectivity index (χ0n) is 9.86. The van der Waals surface area contributed by atoms with Gasteiger partial charge in [-0.3, -0.25) is 9.69 Å². The fraction of sp³-hybridized carbons (Fsp3) is 0.900. The Kier molecular flexibility index (Phi) is 4.50. The SMILES string of the molecule is CC(C(=O)N(C)C)N1CCNCC1CN. The van der Waals surface area contributed by atoms with Crippen molar-refractivity contribution in [3.63, 3.8) is 0 Å². The van der Waals surface area contributed by atoms with Crippen LogP contribution in [0.1, 0.15) is 6.92 Å². The monoisotopic (exact) mass is 214 g/mol. The third-order valence-corrected chi connectivity index (χ3v) is 2.96. The minimum atomic E-state index is -0.0735. The van der Waals surface area contributed by atoms with E-state index in [1.807, 2.05) is 6.92 Å². The number of carbonyl (C=O) groups excluding carboxylic acids is 1. The van der Waals surface area contributed by atoms with Gasteiger partial charge in [-0.1, -0.05) is 0 Å². The van der Waals surface area contributed by atoms with Crippen molar-refractivity contribution in [2.45, 2.75) is 19.0 Å². The Morgan fingerprint density at radius 3 is 2.87 bits per heavy atom. The van der Waals surface area contributed by atoms with E-state index in [-0.39, 0.29) is 18.0 Å². The highest BCUT2D eigenvalue weighted by molar-refractivity contribution is 5.81. The molecule has 2 atom stereocenters. The van der Waals surface area contributed by atoms with Crippen molar-refractivity contribution in [2.24, 2.45) is 5.73 Å². The molecule has 0 aromatic carbocycles. The number of hydrogen-bond acceptors (Lipinski definition) is 4. The zero-order valence-corrected chi connectivity index (χ0v) is 9.86. The van der Waals surface area contributed by atoms with Crippen LogP contribution >= 0.6 is 0 Å². The fourth-order valence-corrected chi connectivity index (χ4v) is 2.02. The molecule has 1 heterocycles. The molecule has 5 heteroatoms. The Balaban J connectivity index is 2.63. The van der Waals surface area contributed by atoms with Crippen molar-refractivity contribution in [3.8, 4) is 0 Å². The van der Waals surface area contributed by atoms with E-state index < -0.39 is 0 Å². The number of piperazine rings is 1. The Hall–Kier alpha value is -0.650. The molecule has 1 fully saturated rings. The van der Waals surface area contributed by atoms with Gasteiger partial charge in [0.05, 0.1) is 6.04 Å². The van der Waals surface area contributed by atoms with Crippen molar-refractivity contribution in [1.82, 2.24) is 15.1 Å². The van der Waals surface area contributed by atoms with Crippen molar-refractivity contribution in [2.75, 3.05) is 40.3 Å². The predicted molar refractivity (Wildman–Crippen MR) is 60.6 cm³/mol. The van der Waals surface area contributed by atoms with Gasteiger partial charge < -0.3 is 16.0 Å². The smallest absolute Gasteiger partial charge is 0.239 e. The summed E-state index contributed by atoms with van der Waals surface area (Å²) < 4.78 is 0. The molecule has 0 radical (unpaired) electrons. The summed E-state index contributed by atoms with van der Waals surface area (Å²) >= 11 is 0. The Labute approximate surface area is 91.6 Å². The first-order valence-corrected chi connectivity index (χ1v) is 5.45. The van der Waals surface area contributed by atoms with Crippen LogP contribution in [-0.4, -0.2) is 68.1 Å². The maximum absolute atomic E-state index is 11.8. The summed E-state index contributed by atoms with van der Waals surface area (Å²) in [5, 5.41) is 3.29. The largest absolute Gasteiger partial charge is 0.347 e. The third kappa shape index (κ3) is 2.90. The molecular formula is C10H22N4O. The second-order valence-corrected chi connectivity index (χ2v) is 4.24. The molecule has 1 aliphatic heterocycles. The maximum Gasteiger partial charge on any atom is 0.239 e. The van der Waals surface area contributed by atoms with Crippen LogP contribution in [-0.2, 0) is 4.79 Å². The van der Waals surface area contributed by atoms with Crippen LogP contribution < -0.4 is 11.1 Å². The highest BCUT2D eigenvalue weighted by Gasteiger charge is 2.29. The van der Waals surface area contributed by atoms with E-state index in [9.17, 15) is 4.79 Å². The zero-order chi connectivity index (χ0) is 11.4. The van der Waals surface area contributed by atoms with Gasteiger partial charge in [-0.15, -0.1) is 0 Å². The van der Waals surface area contributed by atoms with Crippen LogP contribution in [0.4, 0.5) is 0 Å². The molecule has 0 aromatic heterocycles. The lowest BCUT2D eigenvalue weighted by Gasteiger charge is -2.39. The summed E-state index contributed by atoms with van der Waals surface area (Å²) in [6.45, 7) is 5.25. The minimum Gasteiger partial charge on any atom is -0.347 e. The number of likely N-dealkylation sites (N-methyl/N-ethyl adjacent to an activating group) is 1. The van der Waals surface area contributed by atoms with E-state index in [4.69, 9.17) is 5.73 Å². The Morgan fingerprint density at radius 1 is 1.67 bits per heavy atom. The lowest BCUT2D eigenvalue weighted by molar-refractivity contribution is -0.135. The van der Waals surface area contributed by atoms with E-state index in [1.54, 1.807) is 19.0 Å². The molecule has 1 aliphatic rings. The number of hydrogen-bond donors (Lipinski definition) is 2. The number of nitrogens with one attached hydrogen (secondary N) is 1. The first kappa shape index (κ1) is 12.4. The molecule has 15 heavy (non-hydrogen) atoms. The number of nitrogens with two attached hydrogens (primary N) is 1. The van der Waals surface area contributed by atoms with Crippen molar-refractivity contribution < 1.29 is 4.79 Å². The maximum atomic E-state index is 11.8. The quantitative estimate of drug-likeness (QED) is 0.613. The van der Waals surface area contributed by atoms with Crippen LogP contribution in [0.5, 0.6) is 0 Å². The summed E-state index contributed by atoms with van der Waals surface area (Å²) in [5.74, 6) is 0.148. The van der Waals surface area contributed by atoms with Gasteiger partial charge in [0.25, 0.3) is 0 Å². The van der Waals surface area contributed by atoms with E-state index >= 15 is 0 Å². The molecule has 2 unspecified atom stereocenters. The highest BCUT2D eigenvalue weighted by Crippen LogP contribution is 2.09. The van der Waals surface area contributed by atoms with Gasteiger partial charge >= 0.3 is 0 Å². The van der Waals surface area contributed by atoms with Gasteiger partial charge in [0.1, 0.15) is 0 Å². The lowest BCUT2D eigenvalue weighted by atomic mass is 10.1. The van der Waals surface area contributed by atoms with E-state index in [0.717, 1.165) is 19.6 Å². The van der Waals surface area contributed by atoms with Crippen molar-refractivity contribution >= 4 is 5.91 Å². The number of nitrogens with zero attached hydrogens (tertiary/aromatic N) is 2. The van der Waals surface area contributed by atoms with E-state index in [2.05, 4.69) is 10.2 Å². The first-order valence-electron chi connectivity index (χ1n) is 5.45. The third-order valence-electron chi connectivity index (χ3n) is 2.96. The average molecular weight is 214 g/mol. The number of rotatable bonds is 3. The average Bonchev–Trinajstić information content (AvgIpc) is 2.26. The lowest BCUT2D eigenvalue weighted by Crippen LogP contribution is -2.60. The standard InChI is InChI=1S/C10H22N4O/c1-8(10(15)13(2)3)14-5-4-12-7-9(14)6-11/h8-9,12H,4-7,11H2,1-3H3. The molecule has 1 amide bonds. The molecule has 1 saturated heterocycles. The summed E-state index contributed by atoms with van der Waals surface area (Å²) in [7, 11) is 3.58. The van der Waals surface area contributed by atoms with Crippen LogP contribution in [0.25, 0.3) is 0 Å². The van der Waals surface area contributed by atoms with Crippen molar-refractivity contribution in [3.05, 3.63) is 0 Å². The van der Waals surface area contributed by atoms with E-state index in [0.29, 0.717) is 6.54 Å². The van der Waals surface area contributed by atoms with E-state index in [1.165, 1.54) is 0 Å². The molecule has 5 nitrogen and oxygen atoms in total. The summed E-state index contributed by atoms with van der Waals surface area (Å²) in [6, 6.07) is 0.202. The summed E-state index contributed by atoms with van der Waals surface area (Å²) in [4.78, 5) is 15.7. The molecule has 0 spiro atoms. The minimum absolute atomic E-state index is 0.0735. The second-order valence-electron chi connectivity index (χ2n) is 4.24.